The van der Waals surface area contributed by atoms with Crippen molar-refractivity contribution in [2.24, 2.45) is 5.73 Å². The number of carbonyl (C=O) groups is 1. The van der Waals surface area contributed by atoms with Crippen LogP contribution in [0.2, 0.25) is 0 Å². The molecule has 1 amide bonds. The molecule has 0 unspecified atom stereocenters. The molecule has 118 valence electrons. The molecule has 0 fully saturated rings. The molecule has 5 N–H and O–H groups in total. The van der Waals surface area contributed by atoms with Gasteiger partial charge in [0.05, 0.1) is 12.4 Å². The number of anilines is 1. The van der Waals surface area contributed by atoms with E-state index in [0.29, 0.717) is 11.4 Å². The Hall–Kier alpha value is -1.29. The summed E-state index contributed by atoms with van der Waals surface area (Å²) in [6.45, 7) is -0.0143. The summed E-state index contributed by atoms with van der Waals surface area (Å²) in [4.78, 5) is 11.3. The lowest BCUT2D eigenvalue weighted by Gasteiger charge is -2.07. The minimum Gasteiger partial charge on any atom is -0.398 e. The Morgan fingerprint density at radius 3 is 2.71 bits per heavy atom. The van der Waals surface area contributed by atoms with E-state index in [0.717, 1.165) is 4.90 Å². The summed E-state index contributed by atoms with van der Waals surface area (Å²) >= 11 is 1.38. The van der Waals surface area contributed by atoms with Crippen molar-refractivity contribution in [3.8, 4) is 0 Å². The van der Waals surface area contributed by atoms with Crippen molar-refractivity contribution in [3.63, 3.8) is 0 Å². The van der Waals surface area contributed by atoms with Gasteiger partial charge in [0.25, 0.3) is 0 Å². The van der Waals surface area contributed by atoms with Crippen LogP contribution in [0.4, 0.5) is 5.69 Å². The fourth-order valence-corrected chi connectivity index (χ4v) is 3.77. The average molecular weight is 333 g/mol. The highest BCUT2D eigenvalue weighted by atomic mass is 32.2. The number of nitrogens with two attached hydrogens (primary N) is 2. The summed E-state index contributed by atoms with van der Waals surface area (Å²) in [5.74, 6) is -0.220. The van der Waals surface area contributed by atoms with Gasteiger partial charge in [-0.15, -0.1) is 11.8 Å². The molecule has 1 aromatic rings. The molecule has 0 heterocycles. The van der Waals surface area contributed by atoms with Gasteiger partial charge in [-0.1, -0.05) is 12.1 Å². The van der Waals surface area contributed by atoms with Crippen molar-refractivity contribution in [2.45, 2.75) is 4.90 Å². The number of amides is 1. The van der Waals surface area contributed by atoms with Crippen LogP contribution >= 0.6 is 11.8 Å². The predicted octanol–water partition coefficient (Wildman–Crippen LogP) is -0.218. The molecule has 0 spiro atoms. The maximum absolute atomic E-state index is 11.7. The van der Waals surface area contributed by atoms with Crippen LogP contribution in [0, 0.1) is 0 Å². The third-order valence-corrected chi connectivity index (χ3v) is 5.08. The van der Waals surface area contributed by atoms with Crippen LogP contribution in [0.3, 0.4) is 0 Å². The molecule has 0 atom stereocenters. The number of nitrogens with one attached hydrogen (secondary N) is 1. The number of nitrogen functional groups attached to an aromatic ring is 1. The van der Waals surface area contributed by atoms with E-state index in [1.54, 1.807) is 6.07 Å². The van der Waals surface area contributed by atoms with Gasteiger partial charge in [0.2, 0.25) is 15.9 Å². The smallest absolute Gasteiger partial charge is 0.243 e. The Balaban J connectivity index is 2.24. The van der Waals surface area contributed by atoms with E-state index in [2.05, 4.69) is 4.72 Å². The molecule has 21 heavy (non-hydrogen) atoms. The quantitative estimate of drug-likeness (QED) is 0.309. The van der Waals surface area contributed by atoms with Crippen molar-refractivity contribution in [3.05, 3.63) is 24.3 Å². The van der Waals surface area contributed by atoms with E-state index in [9.17, 15) is 13.2 Å². The molecule has 7 nitrogen and oxygen atoms in total. The van der Waals surface area contributed by atoms with Gasteiger partial charge in [-0.25, -0.2) is 13.1 Å². The number of hydrogen-bond donors (Lipinski definition) is 3. The van der Waals surface area contributed by atoms with Crippen molar-refractivity contribution >= 4 is 33.4 Å². The maximum atomic E-state index is 11.7. The van der Waals surface area contributed by atoms with Crippen LogP contribution in [0.15, 0.2) is 29.2 Å². The molecular formula is C12H19N3O4S2. The highest BCUT2D eigenvalue weighted by molar-refractivity contribution is 8.00. The lowest BCUT2D eigenvalue weighted by molar-refractivity contribution is -0.122. The Morgan fingerprint density at radius 1 is 1.33 bits per heavy atom. The standard InChI is InChI=1S/C12H19N3O4S2/c13-10-3-1-2-4-11(10)20-7-8-21(17,18)15-5-6-19-9-12(14)16/h1-4,15H,5-9,13H2,(H2,14,16). The second-order valence-electron chi connectivity index (χ2n) is 4.12. The van der Waals surface area contributed by atoms with Gasteiger partial charge < -0.3 is 16.2 Å². The van der Waals surface area contributed by atoms with Gasteiger partial charge in [0.1, 0.15) is 6.61 Å². The highest BCUT2D eigenvalue weighted by Gasteiger charge is 2.10. The molecule has 0 radical (unpaired) electrons. The minimum absolute atomic E-state index is 0.0260. The van der Waals surface area contributed by atoms with E-state index < -0.39 is 15.9 Å². The first-order valence-electron chi connectivity index (χ1n) is 6.21. The highest BCUT2D eigenvalue weighted by Crippen LogP contribution is 2.24. The molecule has 9 heteroatoms. The lowest BCUT2D eigenvalue weighted by Crippen LogP contribution is -2.31. The number of carbonyl (C=O) groups excluding carboxylic acids is 1. The van der Waals surface area contributed by atoms with Crippen LogP contribution in [-0.4, -0.2) is 45.6 Å². The molecule has 0 saturated heterocycles. The molecule has 0 aromatic heterocycles. The van der Waals surface area contributed by atoms with Gasteiger partial charge in [-0.2, -0.15) is 0 Å². The van der Waals surface area contributed by atoms with Gasteiger partial charge in [-0.3, -0.25) is 4.79 Å². The average Bonchev–Trinajstić information content (AvgIpc) is 2.40. The number of hydrogen-bond acceptors (Lipinski definition) is 6. The number of primary amides is 1. The monoisotopic (exact) mass is 333 g/mol. The maximum Gasteiger partial charge on any atom is 0.243 e. The Kier molecular flexibility index (Phi) is 7.51. The van der Waals surface area contributed by atoms with Crippen LogP contribution in [-0.2, 0) is 19.6 Å². The molecule has 0 saturated carbocycles. The second kappa shape index (κ2) is 8.88. The van der Waals surface area contributed by atoms with Gasteiger partial charge in [-0.05, 0) is 12.1 Å². The molecule has 1 aromatic carbocycles. The van der Waals surface area contributed by atoms with Crippen LogP contribution in [0.1, 0.15) is 0 Å². The van der Waals surface area contributed by atoms with E-state index in [1.165, 1.54) is 11.8 Å². The largest absolute Gasteiger partial charge is 0.398 e. The van der Waals surface area contributed by atoms with E-state index >= 15 is 0 Å². The summed E-state index contributed by atoms with van der Waals surface area (Å²) < 4.78 is 30.6. The summed E-state index contributed by atoms with van der Waals surface area (Å²) in [7, 11) is -3.37. The number of para-hydroxylation sites is 1. The van der Waals surface area contributed by atoms with Crippen LogP contribution in [0.25, 0.3) is 0 Å². The van der Waals surface area contributed by atoms with Crippen LogP contribution in [0.5, 0.6) is 0 Å². The Labute approximate surface area is 128 Å². The third-order valence-electron chi connectivity index (χ3n) is 2.34. The summed E-state index contributed by atoms with van der Waals surface area (Å²) in [6, 6.07) is 7.29. The number of ether oxygens (including phenoxy) is 1. The van der Waals surface area contributed by atoms with Crippen molar-refractivity contribution in [1.29, 1.82) is 0 Å². The SMILES string of the molecule is NC(=O)COCCNS(=O)(=O)CCSc1ccccc1N. The van der Waals surface area contributed by atoms with E-state index in [-0.39, 0.29) is 25.5 Å². The van der Waals surface area contributed by atoms with Crippen LogP contribution < -0.4 is 16.2 Å². The molecule has 0 bridgehead atoms. The summed E-state index contributed by atoms with van der Waals surface area (Å²) in [5.41, 5.74) is 11.3. The Morgan fingerprint density at radius 2 is 2.05 bits per heavy atom. The van der Waals surface area contributed by atoms with Gasteiger partial charge in [0.15, 0.2) is 0 Å². The first-order chi connectivity index (χ1) is 9.91. The normalized spacial score (nSPS) is 11.4. The lowest BCUT2D eigenvalue weighted by atomic mass is 10.3. The minimum atomic E-state index is -3.37. The van der Waals surface area contributed by atoms with E-state index in [1.807, 2.05) is 18.2 Å². The fraction of sp³-hybridized carbons (Fsp3) is 0.417. The third kappa shape index (κ3) is 7.90. The van der Waals surface area contributed by atoms with E-state index in [4.69, 9.17) is 16.2 Å². The fourth-order valence-electron chi connectivity index (χ4n) is 1.39. The zero-order valence-corrected chi connectivity index (χ0v) is 13.1. The zero-order valence-electron chi connectivity index (χ0n) is 11.4. The van der Waals surface area contributed by atoms with Gasteiger partial charge >= 0.3 is 0 Å². The number of rotatable bonds is 10. The van der Waals surface area contributed by atoms with Crippen molar-refractivity contribution in [2.75, 3.05) is 37.0 Å². The molecular weight excluding hydrogens is 314 g/mol. The first-order valence-corrected chi connectivity index (χ1v) is 8.85. The second-order valence-corrected chi connectivity index (χ2v) is 7.18. The topological polar surface area (TPSA) is 125 Å². The predicted molar refractivity (Wildman–Crippen MR) is 83.4 cm³/mol. The summed E-state index contributed by atoms with van der Waals surface area (Å²) in [5, 5.41) is 0. The zero-order chi connectivity index (χ0) is 15.7. The molecule has 1 rings (SSSR count). The number of benzene rings is 1. The van der Waals surface area contributed by atoms with Crippen molar-refractivity contribution < 1.29 is 17.9 Å². The first kappa shape index (κ1) is 17.8. The molecule has 0 aliphatic carbocycles. The van der Waals surface area contributed by atoms with Gasteiger partial charge in [0, 0.05) is 22.9 Å². The molecule has 0 aliphatic heterocycles. The number of thioether (sulfide) groups is 1. The summed E-state index contributed by atoms with van der Waals surface area (Å²) in [6.07, 6.45) is 0. The number of sulfonamides is 1. The molecule has 0 aliphatic rings. The van der Waals surface area contributed by atoms with Crippen molar-refractivity contribution in [1.82, 2.24) is 4.72 Å². The Bertz CT molecular complexity index is 563.